The number of fused-ring (bicyclic) bond motifs is 2. The van der Waals surface area contributed by atoms with Gasteiger partial charge in [0.2, 0.25) is 0 Å². The van der Waals surface area contributed by atoms with E-state index in [1.807, 2.05) is 35.6 Å². The lowest BCUT2D eigenvalue weighted by molar-refractivity contribution is 0.601. The summed E-state index contributed by atoms with van der Waals surface area (Å²) in [4.78, 5) is 15.0. The molecule has 6 nitrogen and oxygen atoms in total. The third kappa shape index (κ3) is 2.32. The molecular weight excluding hydrogens is 326 g/mol. The van der Waals surface area contributed by atoms with E-state index in [1.54, 1.807) is 6.20 Å². The van der Waals surface area contributed by atoms with Crippen molar-refractivity contribution >= 4 is 21.0 Å². The third-order valence-electron chi connectivity index (χ3n) is 4.31. The van der Waals surface area contributed by atoms with Gasteiger partial charge in [0.1, 0.15) is 5.52 Å². The first-order valence-electron chi connectivity index (χ1n) is 7.61. The van der Waals surface area contributed by atoms with E-state index in [0.29, 0.717) is 12.1 Å². The molecule has 1 aromatic carbocycles. The second-order valence-corrected chi connectivity index (χ2v) is 8.45. The van der Waals surface area contributed by atoms with Gasteiger partial charge >= 0.3 is 0 Å². The molecule has 0 amide bonds. The van der Waals surface area contributed by atoms with E-state index in [9.17, 15) is 13.2 Å². The number of nitrogens with zero attached hydrogens (tertiary/aromatic N) is 1. The van der Waals surface area contributed by atoms with Crippen LogP contribution in [0.3, 0.4) is 0 Å². The summed E-state index contributed by atoms with van der Waals surface area (Å²) >= 11 is 0. The zero-order valence-electron chi connectivity index (χ0n) is 13.4. The molecule has 3 heterocycles. The Morgan fingerprint density at radius 1 is 1.25 bits per heavy atom. The summed E-state index contributed by atoms with van der Waals surface area (Å²) in [5, 5.41) is 3.35. The second-order valence-electron chi connectivity index (χ2n) is 6.31. The Morgan fingerprint density at radius 3 is 2.79 bits per heavy atom. The fraction of sp³-hybridized carbons (Fsp3) is 0.235. The molecule has 2 N–H and O–H groups in total. The predicted octanol–water partition coefficient (Wildman–Crippen LogP) is 2.07. The molecule has 4 rings (SSSR count). The van der Waals surface area contributed by atoms with Gasteiger partial charge in [0.05, 0.1) is 23.7 Å². The first-order valence-corrected chi connectivity index (χ1v) is 9.67. The quantitative estimate of drug-likeness (QED) is 0.746. The number of anilines is 1. The van der Waals surface area contributed by atoms with Crippen LogP contribution in [0.2, 0.25) is 0 Å². The number of H-pyrrole nitrogens is 1. The number of nitrogens with one attached hydrogen (secondary N) is 2. The normalized spacial score (nSPS) is 13.4. The van der Waals surface area contributed by atoms with Crippen molar-refractivity contribution in [2.45, 2.75) is 19.2 Å². The van der Waals surface area contributed by atoms with Gasteiger partial charge in [-0.15, -0.1) is 0 Å². The third-order valence-corrected chi connectivity index (χ3v) is 5.17. The van der Waals surface area contributed by atoms with Crippen LogP contribution >= 0.6 is 0 Å². The largest absolute Gasteiger partial charge is 0.379 e. The standard InChI is InChI=1S/C17H17N3O3S/c1-10-5-15-13-6-11(9-24(2,22)23)3-4-14(13)18-7-12-8-19-17(21)16(10)20(12)15/h3-6,8,18H,7,9H2,1-2H3,(H,19,21). The molecule has 24 heavy (non-hydrogen) atoms. The molecule has 0 atom stereocenters. The number of aromatic nitrogens is 2. The van der Waals surface area contributed by atoms with Crippen molar-refractivity contribution in [3.63, 3.8) is 0 Å². The van der Waals surface area contributed by atoms with Gasteiger partial charge in [-0.25, -0.2) is 8.42 Å². The van der Waals surface area contributed by atoms with Gasteiger partial charge in [-0.05, 0) is 36.2 Å². The van der Waals surface area contributed by atoms with Crippen molar-refractivity contribution < 1.29 is 8.42 Å². The molecule has 124 valence electrons. The average Bonchev–Trinajstić information content (AvgIpc) is 2.77. The Balaban J connectivity index is 2.02. The van der Waals surface area contributed by atoms with Crippen molar-refractivity contribution in [3.05, 3.63) is 57.6 Å². The fourth-order valence-electron chi connectivity index (χ4n) is 3.36. The summed E-state index contributed by atoms with van der Waals surface area (Å²) in [6.45, 7) is 2.49. The summed E-state index contributed by atoms with van der Waals surface area (Å²) in [5.41, 5.74) is 5.82. The first kappa shape index (κ1) is 15.0. The van der Waals surface area contributed by atoms with Gasteiger partial charge in [0, 0.05) is 23.7 Å². The van der Waals surface area contributed by atoms with Crippen LogP contribution < -0.4 is 10.9 Å². The van der Waals surface area contributed by atoms with E-state index in [4.69, 9.17) is 0 Å². The maximum Gasteiger partial charge on any atom is 0.272 e. The Bertz CT molecular complexity index is 1140. The lowest BCUT2D eigenvalue weighted by Gasteiger charge is -2.10. The SMILES string of the molecule is Cc1cc2n3c(c[nH]c(=O)c13)CNc1ccc(CS(C)(=O)=O)cc1-2. The number of aromatic amines is 1. The summed E-state index contributed by atoms with van der Waals surface area (Å²) in [7, 11) is -3.11. The Hall–Kier alpha value is -2.54. The van der Waals surface area contributed by atoms with Gasteiger partial charge in [0.15, 0.2) is 9.84 Å². The van der Waals surface area contributed by atoms with E-state index < -0.39 is 9.84 Å². The van der Waals surface area contributed by atoms with E-state index in [-0.39, 0.29) is 11.3 Å². The molecule has 0 aliphatic carbocycles. The van der Waals surface area contributed by atoms with Crippen molar-refractivity contribution in [3.8, 4) is 11.3 Å². The molecule has 1 aliphatic rings. The molecule has 0 bridgehead atoms. The number of hydrogen-bond donors (Lipinski definition) is 2. The molecule has 0 radical (unpaired) electrons. The minimum atomic E-state index is -3.11. The summed E-state index contributed by atoms with van der Waals surface area (Å²) < 4.78 is 25.2. The van der Waals surface area contributed by atoms with Gasteiger partial charge in [-0.3, -0.25) is 4.79 Å². The zero-order valence-corrected chi connectivity index (χ0v) is 14.2. The molecule has 0 unspecified atom stereocenters. The highest BCUT2D eigenvalue weighted by Gasteiger charge is 2.20. The number of sulfone groups is 1. The Kier molecular flexibility index (Phi) is 3.11. The predicted molar refractivity (Wildman–Crippen MR) is 94.1 cm³/mol. The number of rotatable bonds is 2. The molecular formula is C17H17N3O3S. The van der Waals surface area contributed by atoms with Crippen LogP contribution in [-0.2, 0) is 22.1 Å². The molecule has 7 heteroatoms. The van der Waals surface area contributed by atoms with Gasteiger partial charge in [-0.2, -0.15) is 0 Å². The maximum absolute atomic E-state index is 12.2. The molecule has 2 aromatic heterocycles. The van der Waals surface area contributed by atoms with Crippen LogP contribution in [0.1, 0.15) is 16.8 Å². The fourth-order valence-corrected chi connectivity index (χ4v) is 4.14. The van der Waals surface area contributed by atoms with Crippen LogP contribution in [0.5, 0.6) is 0 Å². The molecule has 3 aromatic rings. The van der Waals surface area contributed by atoms with Crippen LogP contribution in [0, 0.1) is 6.92 Å². The van der Waals surface area contributed by atoms with Gasteiger partial charge < -0.3 is 14.7 Å². The topological polar surface area (TPSA) is 83.4 Å². The monoisotopic (exact) mass is 343 g/mol. The molecule has 0 saturated carbocycles. The average molecular weight is 343 g/mol. The minimum absolute atomic E-state index is 0.00396. The highest BCUT2D eigenvalue weighted by Crippen LogP contribution is 2.35. The van der Waals surface area contributed by atoms with Crippen molar-refractivity contribution in [2.24, 2.45) is 0 Å². The van der Waals surface area contributed by atoms with Crippen LogP contribution in [0.15, 0.2) is 35.3 Å². The second kappa shape index (κ2) is 4.98. The summed E-state index contributed by atoms with van der Waals surface area (Å²) in [6, 6.07) is 7.59. The van der Waals surface area contributed by atoms with E-state index in [2.05, 4.69) is 10.3 Å². The molecule has 0 saturated heterocycles. The molecule has 1 aliphatic heterocycles. The van der Waals surface area contributed by atoms with Crippen molar-refractivity contribution in [2.75, 3.05) is 11.6 Å². The zero-order chi connectivity index (χ0) is 17.1. The van der Waals surface area contributed by atoms with E-state index >= 15 is 0 Å². The first-order chi connectivity index (χ1) is 11.3. The lowest BCUT2D eigenvalue weighted by Crippen LogP contribution is -2.13. The number of benzene rings is 1. The molecule has 0 fully saturated rings. The lowest BCUT2D eigenvalue weighted by atomic mass is 10.1. The minimum Gasteiger partial charge on any atom is -0.379 e. The van der Waals surface area contributed by atoms with Crippen LogP contribution in [0.25, 0.3) is 16.8 Å². The smallest absolute Gasteiger partial charge is 0.272 e. The Morgan fingerprint density at radius 2 is 2.04 bits per heavy atom. The number of hydrogen-bond acceptors (Lipinski definition) is 4. The van der Waals surface area contributed by atoms with Crippen LogP contribution in [0.4, 0.5) is 5.69 Å². The van der Waals surface area contributed by atoms with Crippen LogP contribution in [-0.4, -0.2) is 24.1 Å². The molecule has 0 spiro atoms. The van der Waals surface area contributed by atoms with E-state index in [0.717, 1.165) is 33.8 Å². The van der Waals surface area contributed by atoms with E-state index in [1.165, 1.54) is 6.26 Å². The summed E-state index contributed by atoms with van der Waals surface area (Å²) in [6.07, 6.45) is 2.94. The van der Waals surface area contributed by atoms with Crippen molar-refractivity contribution in [1.82, 2.24) is 9.38 Å². The van der Waals surface area contributed by atoms with Crippen molar-refractivity contribution in [1.29, 1.82) is 0 Å². The van der Waals surface area contributed by atoms with Gasteiger partial charge in [0.25, 0.3) is 5.56 Å². The summed E-state index contributed by atoms with van der Waals surface area (Å²) in [5.74, 6) is -0.00396. The number of aryl methyl sites for hydroxylation is 1. The van der Waals surface area contributed by atoms with Gasteiger partial charge in [-0.1, -0.05) is 6.07 Å². The Labute approximate surface area is 139 Å². The maximum atomic E-state index is 12.2. The highest BCUT2D eigenvalue weighted by molar-refractivity contribution is 7.89. The highest BCUT2D eigenvalue weighted by atomic mass is 32.2.